The summed E-state index contributed by atoms with van der Waals surface area (Å²) in [6.07, 6.45) is 0. The van der Waals surface area contributed by atoms with Crippen LogP contribution in [0.3, 0.4) is 0 Å². The molecule has 0 aromatic carbocycles. The van der Waals surface area contributed by atoms with Gasteiger partial charge in [-0.25, -0.2) is 4.79 Å². The van der Waals surface area contributed by atoms with Crippen molar-refractivity contribution in [3.63, 3.8) is 0 Å². The van der Waals surface area contributed by atoms with Gasteiger partial charge in [0.1, 0.15) is 0 Å². The van der Waals surface area contributed by atoms with Gasteiger partial charge < -0.3 is 10.4 Å². The Labute approximate surface area is 77.5 Å². The molecule has 5 nitrogen and oxygen atoms in total. The monoisotopic (exact) mass is 188 g/mol. The van der Waals surface area contributed by atoms with Gasteiger partial charge in [0.05, 0.1) is 0 Å². The summed E-state index contributed by atoms with van der Waals surface area (Å²) >= 11 is 0. The van der Waals surface area contributed by atoms with Crippen LogP contribution >= 0.6 is 0 Å². The van der Waals surface area contributed by atoms with Crippen molar-refractivity contribution in [3.05, 3.63) is 0 Å². The minimum absolute atomic E-state index is 0.415. The molecule has 0 aliphatic carbocycles. The van der Waals surface area contributed by atoms with Crippen LogP contribution in [0.15, 0.2) is 0 Å². The van der Waals surface area contributed by atoms with Crippen molar-refractivity contribution in [2.75, 3.05) is 7.05 Å². The summed E-state index contributed by atoms with van der Waals surface area (Å²) in [6, 6.07) is -1.18. The van der Waals surface area contributed by atoms with Gasteiger partial charge in [-0.05, 0) is 27.8 Å². The Morgan fingerprint density at radius 2 is 1.77 bits per heavy atom. The molecule has 76 valence electrons. The van der Waals surface area contributed by atoms with Crippen LogP contribution in [0.1, 0.15) is 20.8 Å². The number of carboxylic acids is 1. The number of nitrogens with one attached hydrogen (secondary N) is 2. The second-order valence-electron chi connectivity index (χ2n) is 3.80. The lowest BCUT2D eigenvalue weighted by atomic mass is 10.1. The molecule has 0 bridgehead atoms. The minimum atomic E-state index is -1.18. The molecule has 1 amide bonds. The van der Waals surface area contributed by atoms with Crippen LogP contribution < -0.4 is 10.6 Å². The van der Waals surface area contributed by atoms with E-state index in [4.69, 9.17) is 5.11 Å². The molecule has 13 heavy (non-hydrogen) atoms. The van der Waals surface area contributed by atoms with E-state index in [0.717, 1.165) is 0 Å². The van der Waals surface area contributed by atoms with Gasteiger partial charge in [0, 0.05) is 5.54 Å². The molecule has 0 spiro atoms. The Balaban J connectivity index is 4.32. The summed E-state index contributed by atoms with van der Waals surface area (Å²) in [4.78, 5) is 21.8. The van der Waals surface area contributed by atoms with Crippen molar-refractivity contribution >= 4 is 11.9 Å². The molecule has 0 saturated carbocycles. The highest BCUT2D eigenvalue weighted by Gasteiger charge is 2.26. The van der Waals surface area contributed by atoms with Gasteiger partial charge >= 0.3 is 5.97 Å². The van der Waals surface area contributed by atoms with Crippen LogP contribution in [-0.2, 0) is 9.59 Å². The number of hydrogen-bond donors (Lipinski definition) is 3. The fourth-order valence-corrected chi connectivity index (χ4v) is 0.808. The van der Waals surface area contributed by atoms with E-state index < -0.39 is 23.5 Å². The first kappa shape index (κ1) is 11.9. The van der Waals surface area contributed by atoms with E-state index >= 15 is 0 Å². The van der Waals surface area contributed by atoms with Gasteiger partial charge in [0.25, 0.3) is 0 Å². The number of carbonyl (C=O) groups is 2. The highest BCUT2D eigenvalue weighted by Crippen LogP contribution is 1.99. The van der Waals surface area contributed by atoms with E-state index in [1.807, 2.05) is 0 Å². The summed E-state index contributed by atoms with van der Waals surface area (Å²) in [7, 11) is 1.43. The molecule has 1 unspecified atom stereocenters. The molecule has 0 aliphatic rings. The predicted octanol–water partition coefficient (Wildman–Crippen LogP) is -0.426. The average molecular weight is 188 g/mol. The Kier molecular flexibility index (Phi) is 3.87. The lowest BCUT2D eigenvalue weighted by Crippen LogP contribution is -2.53. The van der Waals surface area contributed by atoms with Crippen molar-refractivity contribution in [2.24, 2.45) is 0 Å². The lowest BCUT2D eigenvalue weighted by molar-refractivity contribution is -0.144. The third-order valence-corrected chi connectivity index (χ3v) is 1.30. The first-order valence-corrected chi connectivity index (χ1v) is 4.00. The SMILES string of the molecule is CNC(C(=O)O)C(=O)NC(C)(C)C. The number of aliphatic carboxylic acids is 1. The Morgan fingerprint density at radius 1 is 1.31 bits per heavy atom. The van der Waals surface area contributed by atoms with Gasteiger partial charge in [-0.1, -0.05) is 0 Å². The van der Waals surface area contributed by atoms with Gasteiger partial charge in [0.15, 0.2) is 6.04 Å². The van der Waals surface area contributed by atoms with Crippen molar-refractivity contribution in [2.45, 2.75) is 32.4 Å². The zero-order chi connectivity index (χ0) is 10.6. The van der Waals surface area contributed by atoms with Gasteiger partial charge in [-0.2, -0.15) is 0 Å². The highest BCUT2D eigenvalue weighted by atomic mass is 16.4. The van der Waals surface area contributed by atoms with Crippen LogP contribution in [0, 0.1) is 0 Å². The predicted molar refractivity (Wildman–Crippen MR) is 48.4 cm³/mol. The molecule has 5 heteroatoms. The first-order valence-electron chi connectivity index (χ1n) is 4.00. The van der Waals surface area contributed by atoms with E-state index in [1.165, 1.54) is 7.05 Å². The van der Waals surface area contributed by atoms with E-state index in [2.05, 4.69) is 10.6 Å². The van der Waals surface area contributed by atoms with E-state index in [9.17, 15) is 9.59 Å². The summed E-state index contributed by atoms with van der Waals surface area (Å²) in [5.74, 6) is -1.70. The van der Waals surface area contributed by atoms with Crippen molar-refractivity contribution in [1.82, 2.24) is 10.6 Å². The highest BCUT2D eigenvalue weighted by molar-refractivity contribution is 6.01. The smallest absolute Gasteiger partial charge is 0.330 e. The largest absolute Gasteiger partial charge is 0.480 e. The molecular weight excluding hydrogens is 172 g/mol. The molecule has 0 heterocycles. The van der Waals surface area contributed by atoms with Crippen LogP contribution in [0.4, 0.5) is 0 Å². The summed E-state index contributed by atoms with van der Waals surface area (Å²) in [5.41, 5.74) is -0.415. The molecule has 0 radical (unpaired) electrons. The quantitative estimate of drug-likeness (QED) is 0.525. The zero-order valence-electron chi connectivity index (χ0n) is 8.34. The number of carbonyl (C=O) groups excluding carboxylic acids is 1. The molecule has 1 atom stereocenters. The van der Waals surface area contributed by atoms with Crippen LogP contribution in [-0.4, -0.2) is 35.6 Å². The van der Waals surface area contributed by atoms with Crippen molar-refractivity contribution in [1.29, 1.82) is 0 Å². The molecule has 0 saturated heterocycles. The van der Waals surface area contributed by atoms with Crippen molar-refractivity contribution in [3.8, 4) is 0 Å². The molecule has 0 aromatic rings. The summed E-state index contributed by atoms with van der Waals surface area (Å²) < 4.78 is 0. The van der Waals surface area contributed by atoms with E-state index in [1.54, 1.807) is 20.8 Å². The van der Waals surface area contributed by atoms with Gasteiger partial charge in [0.2, 0.25) is 5.91 Å². The number of rotatable bonds is 3. The number of carboxylic acid groups (broad SMARTS) is 1. The minimum Gasteiger partial charge on any atom is -0.480 e. The third-order valence-electron chi connectivity index (χ3n) is 1.30. The number of likely N-dealkylation sites (N-methyl/N-ethyl adjacent to an activating group) is 1. The molecule has 0 fully saturated rings. The molecule has 0 rings (SSSR count). The summed E-state index contributed by atoms with van der Waals surface area (Å²) in [5, 5.41) is 13.6. The first-order chi connectivity index (χ1) is 5.78. The molecule has 3 N–H and O–H groups in total. The lowest BCUT2D eigenvalue weighted by Gasteiger charge is -2.22. The van der Waals surface area contributed by atoms with Crippen LogP contribution in [0.25, 0.3) is 0 Å². The molecular formula is C8H16N2O3. The zero-order valence-corrected chi connectivity index (χ0v) is 8.34. The Morgan fingerprint density at radius 3 is 2.00 bits per heavy atom. The van der Waals surface area contributed by atoms with Crippen LogP contribution in [0.2, 0.25) is 0 Å². The van der Waals surface area contributed by atoms with Crippen molar-refractivity contribution < 1.29 is 14.7 Å². The number of amides is 1. The molecule has 0 aromatic heterocycles. The summed E-state index contributed by atoms with van der Waals surface area (Å²) in [6.45, 7) is 5.37. The van der Waals surface area contributed by atoms with Gasteiger partial charge in [-0.15, -0.1) is 0 Å². The third kappa shape index (κ3) is 4.47. The average Bonchev–Trinajstić information content (AvgIpc) is 1.82. The topological polar surface area (TPSA) is 78.4 Å². The maximum absolute atomic E-state index is 11.3. The molecule has 0 aliphatic heterocycles. The normalized spacial score (nSPS) is 13.5. The van der Waals surface area contributed by atoms with E-state index in [-0.39, 0.29) is 0 Å². The Hall–Kier alpha value is -1.10. The maximum Gasteiger partial charge on any atom is 0.330 e. The maximum atomic E-state index is 11.3. The van der Waals surface area contributed by atoms with Crippen LogP contribution in [0.5, 0.6) is 0 Å². The van der Waals surface area contributed by atoms with E-state index in [0.29, 0.717) is 0 Å². The standard InChI is InChI=1S/C8H16N2O3/c1-8(2,3)10-6(11)5(9-4)7(12)13/h5,9H,1-4H3,(H,10,11)(H,12,13). The second-order valence-corrected chi connectivity index (χ2v) is 3.80. The fourth-order valence-electron chi connectivity index (χ4n) is 0.808. The fraction of sp³-hybridized carbons (Fsp3) is 0.750. The second kappa shape index (κ2) is 4.23. The number of hydrogen-bond acceptors (Lipinski definition) is 3. The van der Waals surface area contributed by atoms with Gasteiger partial charge in [-0.3, -0.25) is 10.1 Å². The Bertz CT molecular complexity index is 208.